The van der Waals surface area contributed by atoms with Crippen LogP contribution in [0.5, 0.6) is 0 Å². The Kier molecular flexibility index (Phi) is 23.3. The number of halogens is 4. The van der Waals surface area contributed by atoms with E-state index < -0.39 is 23.3 Å². The minimum absolute atomic E-state index is 0.0324. The zero-order chi connectivity index (χ0) is 86.0. The van der Waals surface area contributed by atoms with Crippen molar-refractivity contribution in [3.05, 3.63) is 387 Å². The predicted octanol–water partition coefficient (Wildman–Crippen LogP) is 31.6. The maximum atomic E-state index is 20.4. The van der Waals surface area contributed by atoms with Gasteiger partial charge in [0.2, 0.25) is 0 Å². The van der Waals surface area contributed by atoms with Crippen molar-refractivity contribution in [3.8, 4) is 45.6 Å². The van der Waals surface area contributed by atoms with E-state index in [0.29, 0.717) is 65.1 Å². The number of H-pyrrole nitrogens is 2. The fraction of sp³-hybridized carbons (Fsp3) is 0. The van der Waals surface area contributed by atoms with Gasteiger partial charge in [-0.25, -0.2) is 47.5 Å². The Morgan fingerprint density at radius 1 is 0.180 bits per heavy atom. The van der Waals surface area contributed by atoms with Crippen LogP contribution in [0.3, 0.4) is 0 Å². The van der Waals surface area contributed by atoms with Gasteiger partial charge in [0, 0.05) is 61.9 Å². The summed E-state index contributed by atoms with van der Waals surface area (Å²) in [5.74, 6) is -3.52. The number of aromatic nitrogens is 8. The first-order chi connectivity index (χ1) is 63.1. The molecule has 0 amide bonds. The lowest BCUT2D eigenvalue weighted by molar-refractivity contribution is 0.598. The van der Waals surface area contributed by atoms with Gasteiger partial charge in [0.25, 0.3) is 0 Å². The van der Waals surface area contributed by atoms with E-state index in [0.717, 1.165) is 39.2 Å². The Balaban J connectivity index is 1.00. The zero-order valence-corrected chi connectivity index (χ0v) is 73.6. The monoisotopic (exact) mass is 1810 g/mol. The molecule has 5 heterocycles. The van der Waals surface area contributed by atoms with E-state index in [1.807, 2.05) is 364 Å². The quantitative estimate of drug-likeness (QED) is 0.0317. The first kappa shape index (κ1) is 81.6. The first-order valence-electron chi connectivity index (χ1n) is 40.6. The van der Waals surface area contributed by atoms with Crippen molar-refractivity contribution < 1.29 is 17.6 Å². The van der Waals surface area contributed by atoms with Gasteiger partial charge >= 0.3 is 0 Å². The predicted molar refractivity (Wildman–Crippen MR) is 519 cm³/mol. The van der Waals surface area contributed by atoms with E-state index in [4.69, 9.17) is 29.9 Å². The number of aromatic amines is 2. The third-order valence-corrected chi connectivity index (χ3v) is 30.3. The van der Waals surface area contributed by atoms with Crippen LogP contribution in [0.15, 0.2) is 442 Å². The Labute approximate surface area is 767 Å². The Hall–Kier alpha value is -13.4. The van der Waals surface area contributed by atoms with Gasteiger partial charge in [0.1, 0.15) is 45.9 Å². The Morgan fingerprint density at radius 3 is 0.594 bits per heavy atom. The molecule has 0 spiro atoms. The second kappa shape index (κ2) is 36.5. The highest BCUT2D eigenvalue weighted by molar-refractivity contribution is 8.04. The van der Waals surface area contributed by atoms with Crippen LogP contribution in [0, 0.1) is 23.3 Å². The molecule has 6 N–H and O–H groups in total. The van der Waals surface area contributed by atoms with Gasteiger partial charge in [0.15, 0.2) is 23.3 Å². The van der Waals surface area contributed by atoms with E-state index in [1.165, 1.54) is 94.1 Å². The summed E-state index contributed by atoms with van der Waals surface area (Å²) in [5, 5.41) is 15.4. The van der Waals surface area contributed by atoms with Gasteiger partial charge < -0.3 is 31.2 Å². The molecule has 0 fully saturated rings. The van der Waals surface area contributed by atoms with Gasteiger partial charge in [-0.2, -0.15) is 0 Å². The third kappa shape index (κ3) is 16.6. The van der Waals surface area contributed by atoms with E-state index in [9.17, 15) is 0 Å². The van der Waals surface area contributed by atoms with Gasteiger partial charge in [-0.1, -0.05) is 312 Å². The molecule has 0 saturated heterocycles. The van der Waals surface area contributed by atoms with Crippen molar-refractivity contribution in [3.63, 3.8) is 0 Å². The lowest BCUT2D eigenvalue weighted by atomic mass is 10.0. The number of anilines is 8. The van der Waals surface area contributed by atoms with Crippen LogP contribution in [0.25, 0.3) is 89.7 Å². The molecule has 24 heteroatoms. The molecular weight excluding hydrogens is 1750 g/mol. The Morgan fingerprint density at radius 2 is 0.359 bits per heavy atom. The minimum atomic E-state index is -0.723. The Bertz CT molecular complexity index is 7130. The van der Waals surface area contributed by atoms with E-state index in [-0.39, 0.29) is 109 Å². The average molecular weight is 1820 g/mol. The highest BCUT2D eigenvalue weighted by Gasteiger charge is 2.39. The average Bonchev–Trinajstić information content (AvgIpc) is 1.55. The van der Waals surface area contributed by atoms with Gasteiger partial charge in [0.05, 0.1) is 106 Å². The third-order valence-electron chi connectivity index (χ3n) is 20.9. The molecule has 2 aliphatic heterocycles. The molecule has 8 bridgehead atoms. The van der Waals surface area contributed by atoms with Crippen molar-refractivity contribution in [1.29, 1.82) is 0 Å². The number of para-hydroxylation sites is 4. The van der Waals surface area contributed by atoms with Crippen molar-refractivity contribution in [2.24, 2.45) is 0 Å². The summed E-state index contributed by atoms with van der Waals surface area (Å²) in [6.07, 6.45) is 0. The largest absolute Gasteiger partial charge is 0.354 e. The highest BCUT2D eigenvalue weighted by atomic mass is 32.2. The van der Waals surface area contributed by atoms with Crippen LogP contribution in [0.1, 0.15) is 0 Å². The zero-order valence-electron chi connectivity index (χ0n) is 67.1. The van der Waals surface area contributed by atoms with Gasteiger partial charge in [-0.3, -0.25) is 0 Å². The summed E-state index contributed by atoms with van der Waals surface area (Å²) in [6.45, 7) is 0. The second-order valence-corrected chi connectivity index (χ2v) is 38.0. The molecule has 618 valence electrons. The number of nitrogens with zero attached hydrogens (tertiary/aromatic N) is 6. The normalized spacial score (nSPS) is 11.5. The van der Waals surface area contributed by atoms with Crippen molar-refractivity contribution in [2.75, 3.05) is 21.3 Å². The summed E-state index contributed by atoms with van der Waals surface area (Å²) in [5.41, 5.74) is 3.79. The summed E-state index contributed by atoms with van der Waals surface area (Å²) >= 11 is 10.3. The number of nitrogens with one attached hydrogen (secondary N) is 6. The molecule has 19 aromatic rings. The summed E-state index contributed by atoms with van der Waals surface area (Å²) in [7, 11) is 0. The van der Waals surface area contributed by atoms with Crippen LogP contribution in [-0.2, 0) is 0 Å². The molecule has 0 atom stereocenters. The van der Waals surface area contributed by atoms with E-state index in [2.05, 4.69) is 31.2 Å². The maximum absolute atomic E-state index is 20.4. The molecule has 16 aromatic carbocycles. The number of benzene rings is 16. The first-order valence-corrected chi connectivity index (χ1v) is 47.2. The summed E-state index contributed by atoms with van der Waals surface area (Å²) < 4.78 is 81.8. The minimum Gasteiger partial charge on any atom is -0.354 e. The number of hydrogen-bond acceptors (Lipinski definition) is 18. The van der Waals surface area contributed by atoms with Crippen LogP contribution in [-0.4, -0.2) is 39.9 Å². The highest BCUT2D eigenvalue weighted by Crippen LogP contribution is 2.60. The lowest BCUT2D eigenvalue weighted by Gasteiger charge is -2.21. The van der Waals surface area contributed by atoms with E-state index in [1.54, 1.807) is 0 Å². The topological polar surface area (TPSA) is 157 Å². The summed E-state index contributed by atoms with van der Waals surface area (Å²) in [4.78, 5) is 49.8. The molecule has 128 heavy (non-hydrogen) atoms. The van der Waals surface area contributed by atoms with Crippen LogP contribution in [0.4, 0.5) is 63.1 Å². The van der Waals surface area contributed by atoms with Crippen molar-refractivity contribution in [2.45, 2.75) is 78.3 Å². The standard InChI is InChI=1S/C104H66F4N12S8/c105-81-73-77(85(109-61-37-13-1-14-38-61)93(125-69-53-29-9-30-54-69)89(81)121-65-45-21-5-22-46-65)101-113-97(73)118-102-79-75(83(107)91(123-67-49-25-7-26-50-67)95(127-71-57-33-11-34-58-71)87(79)111-63-41-17-3-18-42-63)99(115-102)120-104-80-76(84(108)92(124-68-51-27-8-28-52-68)96(128-72-59-35-12-36-60-72)88(80)112-64-43-19-4-20-44-64)100(116-104)119-103-78-74(98(114-103)117-101)82(106)90(122-66-47-23-6-24-48-66)94(126-70-55-31-10-32-56-70)86(78)110-62-39-15-2-16-40-62/h1-60,109-112H,(H2,113,114,115,116,117,118,119,120). The fourth-order valence-corrected chi connectivity index (χ4v) is 23.7. The van der Waals surface area contributed by atoms with Crippen LogP contribution >= 0.6 is 94.1 Å². The van der Waals surface area contributed by atoms with Gasteiger partial charge in [-0.05, 0) is 146 Å². The van der Waals surface area contributed by atoms with Gasteiger partial charge in [-0.15, -0.1) is 0 Å². The fourth-order valence-electron chi connectivity index (χ4n) is 15.2. The molecule has 0 unspecified atom stereocenters. The van der Waals surface area contributed by atoms with E-state index >= 15 is 17.6 Å². The van der Waals surface area contributed by atoms with Crippen LogP contribution < -0.4 is 21.3 Å². The van der Waals surface area contributed by atoms with Crippen molar-refractivity contribution >= 4 is 184 Å². The van der Waals surface area contributed by atoms with Crippen molar-refractivity contribution in [1.82, 2.24) is 39.9 Å². The number of fused-ring (bicyclic) bond motifs is 20. The second-order valence-electron chi connectivity index (χ2n) is 29.3. The molecule has 21 rings (SSSR count). The molecular formula is C104H66F4N12S8. The molecule has 3 aromatic heterocycles. The molecule has 2 aliphatic rings. The maximum Gasteiger partial charge on any atom is 0.167 e. The summed E-state index contributed by atoms with van der Waals surface area (Å²) in [6, 6.07) is 115. The lowest BCUT2D eigenvalue weighted by Crippen LogP contribution is -2.02. The molecule has 0 aliphatic carbocycles. The SMILES string of the molecule is Fc1c(Sc2ccccc2)c(Sc2ccccc2)c(Nc2ccccc2)c2c1-c1nc-2nc2[nH]c(nc3nc(nc4[nH]c(n1)c1c(Nc5ccccc5)c(Sc5ccccc5)c(Sc5ccccc5)c(F)c41)-c1c(Nc4ccccc4)c(Sc4ccccc4)c(Sc4ccccc4)c(F)c1-3)c1c(Nc3ccccc3)c(Sc3ccccc3)c(Sc3ccccc3)c(F)c21. The smallest absolute Gasteiger partial charge is 0.167 e. The molecule has 0 radical (unpaired) electrons. The molecule has 12 nitrogen and oxygen atoms in total. The number of hydrogen-bond donors (Lipinski definition) is 6. The van der Waals surface area contributed by atoms with Crippen LogP contribution in [0.2, 0.25) is 0 Å². The molecule has 0 saturated carbocycles. The number of rotatable bonds is 24.